The summed E-state index contributed by atoms with van der Waals surface area (Å²) in [5.74, 6) is -1.24. The second kappa shape index (κ2) is 5.49. The van der Waals surface area contributed by atoms with Crippen LogP contribution in [0.5, 0.6) is 0 Å². The average Bonchev–Trinajstić information content (AvgIpc) is 3.16. The van der Waals surface area contributed by atoms with Crippen molar-refractivity contribution in [2.45, 2.75) is 17.6 Å². The van der Waals surface area contributed by atoms with Crippen molar-refractivity contribution in [2.75, 3.05) is 18.1 Å². The Hall–Kier alpha value is -1.47. The molecule has 8 heteroatoms. The maximum absolute atomic E-state index is 11.2. The number of carboxylic acid groups (broad SMARTS) is 1. The van der Waals surface area contributed by atoms with E-state index in [0.717, 1.165) is 25.0 Å². The first kappa shape index (κ1) is 14.9. The van der Waals surface area contributed by atoms with Crippen LogP contribution in [0.4, 0.5) is 11.4 Å². The molecule has 2 rings (SSSR count). The van der Waals surface area contributed by atoms with Crippen LogP contribution < -0.4 is 5.32 Å². The van der Waals surface area contributed by atoms with E-state index in [1.54, 1.807) is 11.8 Å². The molecule has 0 heterocycles. The first-order valence-electron chi connectivity index (χ1n) is 5.89. The number of rotatable bonds is 6. The third-order valence-corrected chi connectivity index (χ3v) is 5.06. The van der Waals surface area contributed by atoms with Gasteiger partial charge in [0.2, 0.25) is 0 Å². The van der Waals surface area contributed by atoms with E-state index in [1.165, 1.54) is 0 Å². The molecular weight excluding hydrogens is 304 g/mol. The number of thioether (sulfide) groups is 1. The average molecular weight is 317 g/mol. The summed E-state index contributed by atoms with van der Waals surface area (Å²) in [5.41, 5.74) is -0.268. The van der Waals surface area contributed by atoms with E-state index >= 15 is 0 Å². The number of nitrogens with one attached hydrogen (secondary N) is 1. The highest BCUT2D eigenvalue weighted by atomic mass is 35.5. The number of anilines is 1. The van der Waals surface area contributed by atoms with Crippen molar-refractivity contribution < 1.29 is 14.8 Å². The standard InChI is InChI=1S/C12H13ClN2O4S/c1-20-12(2-3-12)6-14-10-8(11(16)17)4-7(15(18)19)5-9(10)13/h4-5,14H,2-3,6H2,1H3,(H,16,17). The van der Waals surface area contributed by atoms with Gasteiger partial charge in [-0.3, -0.25) is 10.1 Å². The van der Waals surface area contributed by atoms with Gasteiger partial charge in [0.05, 0.1) is 21.2 Å². The maximum Gasteiger partial charge on any atom is 0.338 e. The summed E-state index contributed by atoms with van der Waals surface area (Å²) in [6.45, 7) is 0.589. The van der Waals surface area contributed by atoms with Gasteiger partial charge < -0.3 is 10.4 Å². The van der Waals surface area contributed by atoms with E-state index in [-0.39, 0.29) is 26.7 Å². The molecule has 0 spiro atoms. The van der Waals surface area contributed by atoms with Crippen LogP contribution in [-0.4, -0.2) is 33.5 Å². The zero-order chi connectivity index (χ0) is 14.9. The van der Waals surface area contributed by atoms with Crippen LogP contribution in [0, 0.1) is 10.1 Å². The van der Waals surface area contributed by atoms with Crippen molar-refractivity contribution in [3.05, 3.63) is 32.8 Å². The Kier molecular flexibility index (Phi) is 4.10. The van der Waals surface area contributed by atoms with Crippen molar-refractivity contribution in [1.29, 1.82) is 0 Å². The second-order valence-corrected chi connectivity index (χ2v) is 6.33. The third kappa shape index (κ3) is 2.99. The van der Waals surface area contributed by atoms with E-state index in [2.05, 4.69) is 5.32 Å². The number of nitrogens with zero attached hydrogens (tertiary/aromatic N) is 1. The molecule has 108 valence electrons. The molecule has 0 amide bonds. The van der Waals surface area contributed by atoms with Crippen molar-refractivity contribution in [1.82, 2.24) is 0 Å². The predicted octanol–water partition coefficient (Wildman–Crippen LogP) is 3.25. The highest BCUT2D eigenvalue weighted by molar-refractivity contribution is 8.00. The topological polar surface area (TPSA) is 92.5 Å². The van der Waals surface area contributed by atoms with Gasteiger partial charge in [0.25, 0.3) is 5.69 Å². The first-order valence-corrected chi connectivity index (χ1v) is 7.49. The van der Waals surface area contributed by atoms with Crippen LogP contribution in [0.2, 0.25) is 5.02 Å². The number of carbonyl (C=O) groups is 1. The van der Waals surface area contributed by atoms with Gasteiger partial charge in [0.15, 0.2) is 0 Å². The molecular formula is C12H13ClN2O4S. The number of nitro benzene ring substituents is 1. The molecule has 1 aromatic rings. The highest BCUT2D eigenvalue weighted by Crippen LogP contribution is 2.47. The van der Waals surface area contributed by atoms with E-state index in [4.69, 9.17) is 11.6 Å². The summed E-state index contributed by atoms with van der Waals surface area (Å²) in [7, 11) is 0. The highest BCUT2D eigenvalue weighted by Gasteiger charge is 2.41. The van der Waals surface area contributed by atoms with Gasteiger partial charge in [-0.15, -0.1) is 0 Å². The molecule has 1 saturated carbocycles. The third-order valence-electron chi connectivity index (χ3n) is 3.34. The molecule has 1 aromatic carbocycles. The second-order valence-electron chi connectivity index (χ2n) is 4.65. The fourth-order valence-corrected chi connectivity index (χ4v) is 2.90. The SMILES string of the molecule is CSC1(CNc2c(Cl)cc([N+](=O)[O-])cc2C(=O)O)CC1. The van der Waals surface area contributed by atoms with Crippen molar-refractivity contribution in [3.63, 3.8) is 0 Å². The number of aromatic carboxylic acids is 1. The summed E-state index contributed by atoms with van der Waals surface area (Å²) in [4.78, 5) is 21.3. The molecule has 6 nitrogen and oxygen atoms in total. The molecule has 2 N–H and O–H groups in total. The number of carboxylic acids is 1. The molecule has 1 fully saturated rings. The minimum absolute atomic E-state index is 0.0495. The van der Waals surface area contributed by atoms with Crippen LogP contribution in [-0.2, 0) is 0 Å². The minimum atomic E-state index is -1.24. The van der Waals surface area contributed by atoms with E-state index in [0.29, 0.717) is 6.54 Å². The lowest BCUT2D eigenvalue weighted by Gasteiger charge is -2.16. The molecule has 1 aliphatic carbocycles. The Morgan fingerprint density at radius 1 is 1.60 bits per heavy atom. The molecule has 0 aliphatic heterocycles. The quantitative estimate of drug-likeness (QED) is 0.618. The van der Waals surface area contributed by atoms with E-state index < -0.39 is 10.9 Å². The largest absolute Gasteiger partial charge is 0.478 e. The van der Waals surface area contributed by atoms with Gasteiger partial charge in [-0.25, -0.2) is 4.79 Å². The number of hydrogen-bond donors (Lipinski definition) is 2. The normalized spacial score (nSPS) is 15.7. The smallest absolute Gasteiger partial charge is 0.338 e. The van der Waals surface area contributed by atoms with Gasteiger partial charge in [0, 0.05) is 23.4 Å². The summed E-state index contributed by atoms with van der Waals surface area (Å²) < 4.78 is 0.126. The van der Waals surface area contributed by atoms with Crippen LogP contribution in [0.1, 0.15) is 23.2 Å². The number of halogens is 1. The number of benzene rings is 1. The van der Waals surface area contributed by atoms with E-state index in [1.807, 2.05) is 6.26 Å². The molecule has 0 radical (unpaired) electrons. The molecule has 20 heavy (non-hydrogen) atoms. The van der Waals surface area contributed by atoms with Crippen molar-refractivity contribution in [3.8, 4) is 0 Å². The summed E-state index contributed by atoms with van der Waals surface area (Å²) in [6.07, 6.45) is 4.13. The fourth-order valence-electron chi connectivity index (χ4n) is 1.89. The fraction of sp³-hybridized carbons (Fsp3) is 0.417. The zero-order valence-corrected chi connectivity index (χ0v) is 12.3. The maximum atomic E-state index is 11.2. The van der Waals surface area contributed by atoms with Crippen molar-refractivity contribution in [2.24, 2.45) is 0 Å². The predicted molar refractivity (Wildman–Crippen MR) is 79.0 cm³/mol. The molecule has 0 atom stereocenters. The molecule has 0 saturated heterocycles. The lowest BCUT2D eigenvalue weighted by atomic mass is 10.1. The first-order chi connectivity index (χ1) is 9.38. The molecule has 0 bridgehead atoms. The van der Waals surface area contributed by atoms with Gasteiger partial charge >= 0.3 is 5.97 Å². The van der Waals surface area contributed by atoms with Crippen LogP contribution in [0.15, 0.2) is 12.1 Å². The number of nitro groups is 1. The Morgan fingerprint density at radius 2 is 2.25 bits per heavy atom. The molecule has 1 aliphatic rings. The summed E-state index contributed by atoms with van der Waals surface area (Å²) in [5, 5.41) is 23.0. The van der Waals surface area contributed by atoms with Gasteiger partial charge in [-0.05, 0) is 19.1 Å². The lowest BCUT2D eigenvalue weighted by Crippen LogP contribution is -2.19. The van der Waals surface area contributed by atoms with E-state index in [9.17, 15) is 20.0 Å². The summed E-state index contributed by atoms with van der Waals surface area (Å²) in [6, 6.07) is 2.18. The van der Waals surface area contributed by atoms with Gasteiger partial charge in [-0.2, -0.15) is 11.8 Å². The monoisotopic (exact) mass is 316 g/mol. The van der Waals surface area contributed by atoms with Gasteiger partial charge in [-0.1, -0.05) is 11.6 Å². The summed E-state index contributed by atoms with van der Waals surface area (Å²) >= 11 is 7.70. The molecule has 0 unspecified atom stereocenters. The lowest BCUT2D eigenvalue weighted by molar-refractivity contribution is -0.384. The Bertz CT molecular complexity index is 575. The van der Waals surface area contributed by atoms with Crippen LogP contribution >= 0.6 is 23.4 Å². The van der Waals surface area contributed by atoms with Crippen LogP contribution in [0.25, 0.3) is 0 Å². The molecule has 0 aromatic heterocycles. The Labute approximate surface area is 124 Å². The number of hydrogen-bond acceptors (Lipinski definition) is 5. The zero-order valence-electron chi connectivity index (χ0n) is 10.7. The van der Waals surface area contributed by atoms with Crippen molar-refractivity contribution >= 4 is 40.7 Å². The Morgan fingerprint density at radius 3 is 2.70 bits per heavy atom. The van der Waals surface area contributed by atoms with Crippen LogP contribution in [0.3, 0.4) is 0 Å². The number of non-ortho nitro benzene ring substituents is 1. The van der Waals surface area contributed by atoms with Gasteiger partial charge in [0.1, 0.15) is 0 Å². The minimum Gasteiger partial charge on any atom is -0.478 e. The Balaban J connectivity index is 2.31.